The summed E-state index contributed by atoms with van der Waals surface area (Å²) in [5, 5.41) is -1.21. The molecule has 9 heteroatoms. The lowest BCUT2D eigenvalue weighted by Crippen LogP contribution is -2.80. The molecule has 0 aromatic rings. The van der Waals surface area contributed by atoms with Crippen molar-refractivity contribution in [3.8, 4) is 0 Å². The molecule has 2 aliphatic carbocycles. The fourth-order valence-corrected chi connectivity index (χ4v) is 6.44. The van der Waals surface area contributed by atoms with E-state index < -0.39 is 23.8 Å². The van der Waals surface area contributed by atoms with Gasteiger partial charge in [-0.15, -0.1) is 34.8 Å². The highest BCUT2D eigenvalue weighted by molar-refractivity contribution is 6.72. The van der Waals surface area contributed by atoms with Gasteiger partial charge in [0.15, 0.2) is 8.67 Å². The van der Waals surface area contributed by atoms with Gasteiger partial charge in [0, 0.05) is 0 Å². The van der Waals surface area contributed by atoms with Crippen molar-refractivity contribution < 1.29 is 0 Å². The van der Waals surface area contributed by atoms with Crippen molar-refractivity contribution in [3.05, 3.63) is 10.1 Å². The highest BCUT2D eigenvalue weighted by atomic mass is 35.5. The molecular formula is C7HCl9. The lowest BCUT2D eigenvalue weighted by atomic mass is 9.71. The number of fused-ring (bicyclic) bond motifs is 1. The molecule has 0 aromatic carbocycles. The average Bonchev–Trinajstić information content (AvgIpc) is 2.30. The third-order valence-corrected chi connectivity index (χ3v) is 9.21. The Balaban J connectivity index is 2.71. The largest absolute Gasteiger partial charge is 0.177 e. The maximum Gasteiger partial charge on any atom is 0.177 e. The standard InChI is InChI=1S/C7HCl9/c8-1-2(9)6(13,14)5(12)3(10)7(15,16)4(1,5)11/h3H/t3-,4+,5-/m0/s1. The molecule has 0 saturated heterocycles. The van der Waals surface area contributed by atoms with E-state index in [2.05, 4.69) is 0 Å². The Labute approximate surface area is 137 Å². The van der Waals surface area contributed by atoms with Crippen molar-refractivity contribution in [3.63, 3.8) is 0 Å². The van der Waals surface area contributed by atoms with Crippen LogP contribution in [-0.2, 0) is 0 Å². The summed E-state index contributed by atoms with van der Waals surface area (Å²) in [6.45, 7) is 0. The Morgan fingerprint density at radius 1 is 0.812 bits per heavy atom. The van der Waals surface area contributed by atoms with E-state index in [1.54, 1.807) is 0 Å². The minimum atomic E-state index is -1.74. The Kier molecular flexibility index (Phi) is 3.42. The van der Waals surface area contributed by atoms with Gasteiger partial charge in [-0.3, -0.25) is 0 Å². The Morgan fingerprint density at radius 2 is 1.25 bits per heavy atom. The lowest BCUT2D eigenvalue weighted by Gasteiger charge is -2.62. The van der Waals surface area contributed by atoms with Gasteiger partial charge < -0.3 is 0 Å². The molecule has 0 nitrogen and oxygen atoms in total. The quantitative estimate of drug-likeness (QED) is 0.461. The Hall–Kier alpha value is 2.35. The zero-order chi connectivity index (χ0) is 12.7. The third-order valence-electron chi connectivity index (χ3n) is 2.86. The van der Waals surface area contributed by atoms with E-state index in [1.165, 1.54) is 0 Å². The van der Waals surface area contributed by atoms with Gasteiger partial charge in [-0.25, -0.2) is 0 Å². The summed E-state index contributed by atoms with van der Waals surface area (Å²) in [6.07, 6.45) is 0. The van der Waals surface area contributed by atoms with Crippen LogP contribution in [0.15, 0.2) is 10.1 Å². The number of rotatable bonds is 0. The van der Waals surface area contributed by atoms with Crippen molar-refractivity contribution in [1.82, 2.24) is 0 Å². The average molecular weight is 404 g/mol. The molecule has 1 fully saturated rings. The van der Waals surface area contributed by atoms with Crippen molar-refractivity contribution in [2.75, 3.05) is 0 Å². The highest BCUT2D eigenvalue weighted by Crippen LogP contribution is 2.79. The fraction of sp³-hybridized carbons (Fsp3) is 0.714. The van der Waals surface area contributed by atoms with Crippen LogP contribution in [0.2, 0.25) is 0 Å². The third kappa shape index (κ3) is 1.17. The minimum absolute atomic E-state index is 0.0854. The van der Waals surface area contributed by atoms with E-state index in [-0.39, 0.29) is 10.1 Å². The van der Waals surface area contributed by atoms with E-state index in [0.29, 0.717) is 0 Å². The number of allylic oxidation sites excluding steroid dienone is 2. The second-order valence-electron chi connectivity index (χ2n) is 3.56. The zero-order valence-electron chi connectivity index (χ0n) is 6.98. The van der Waals surface area contributed by atoms with Gasteiger partial charge in [0.1, 0.15) is 9.75 Å². The molecule has 0 spiro atoms. The van der Waals surface area contributed by atoms with Crippen LogP contribution < -0.4 is 0 Å². The van der Waals surface area contributed by atoms with Gasteiger partial charge in [0.2, 0.25) is 0 Å². The topological polar surface area (TPSA) is 0 Å². The zero-order valence-corrected chi connectivity index (χ0v) is 13.8. The van der Waals surface area contributed by atoms with Crippen LogP contribution in [0, 0.1) is 0 Å². The molecule has 92 valence electrons. The molecule has 1 saturated carbocycles. The normalized spacial score (nSPS) is 48.9. The van der Waals surface area contributed by atoms with Gasteiger partial charge in [-0.1, -0.05) is 69.6 Å². The molecule has 2 rings (SSSR count). The molecule has 0 unspecified atom stereocenters. The summed E-state index contributed by atoms with van der Waals surface area (Å²) in [4.78, 5) is -3.18. The first-order valence-corrected chi connectivity index (χ1v) is 7.27. The van der Waals surface area contributed by atoms with Crippen LogP contribution in [-0.4, -0.2) is 23.8 Å². The predicted octanol–water partition coefficient (Wildman–Crippen LogP) is 5.61. The molecule has 0 radical (unpaired) electrons. The van der Waals surface area contributed by atoms with Crippen molar-refractivity contribution >= 4 is 104 Å². The first kappa shape index (κ1) is 14.8. The fourth-order valence-electron chi connectivity index (χ4n) is 1.89. The molecule has 0 bridgehead atoms. The first-order chi connectivity index (χ1) is 6.97. The second-order valence-corrected chi connectivity index (χ2v) is 8.63. The molecular weight excluding hydrogens is 403 g/mol. The Morgan fingerprint density at radius 3 is 1.62 bits per heavy atom. The maximum absolute atomic E-state index is 6.26. The van der Waals surface area contributed by atoms with Crippen LogP contribution in [0.25, 0.3) is 0 Å². The number of hydrogen-bond acceptors (Lipinski definition) is 0. The number of hydrogen-bond donors (Lipinski definition) is 0. The smallest absolute Gasteiger partial charge is 0.117 e. The molecule has 2 aliphatic rings. The second kappa shape index (κ2) is 3.71. The molecule has 3 atom stereocenters. The number of alkyl halides is 7. The number of halogens is 9. The van der Waals surface area contributed by atoms with E-state index >= 15 is 0 Å². The van der Waals surface area contributed by atoms with E-state index in [0.717, 1.165) is 0 Å². The summed E-state index contributed by atoms with van der Waals surface area (Å²) in [5.41, 5.74) is 0. The van der Waals surface area contributed by atoms with Crippen LogP contribution in [0.1, 0.15) is 0 Å². The molecule has 0 amide bonds. The first-order valence-electron chi connectivity index (χ1n) is 3.81. The van der Waals surface area contributed by atoms with Gasteiger partial charge in [0.25, 0.3) is 0 Å². The SMILES string of the molecule is ClC1=C(Cl)[C@]2(Cl)C(Cl)(Cl)[C@@H](Cl)[C@@]2(Cl)C1(Cl)Cl. The van der Waals surface area contributed by atoms with Crippen molar-refractivity contribution in [2.45, 2.75) is 23.8 Å². The summed E-state index contributed by atoms with van der Waals surface area (Å²) in [5.74, 6) is 0. The molecule has 0 heterocycles. The summed E-state index contributed by atoms with van der Waals surface area (Å²) < 4.78 is -3.35. The van der Waals surface area contributed by atoms with Crippen LogP contribution >= 0.6 is 104 Å². The van der Waals surface area contributed by atoms with Gasteiger partial charge in [0.05, 0.1) is 15.4 Å². The minimum Gasteiger partial charge on any atom is -0.117 e. The molecule has 0 aromatic heterocycles. The van der Waals surface area contributed by atoms with Crippen LogP contribution in [0.3, 0.4) is 0 Å². The molecule has 16 heavy (non-hydrogen) atoms. The van der Waals surface area contributed by atoms with E-state index in [1.807, 2.05) is 0 Å². The summed E-state index contributed by atoms with van der Waals surface area (Å²) >= 11 is 54.4. The van der Waals surface area contributed by atoms with Gasteiger partial charge in [-0.05, 0) is 0 Å². The van der Waals surface area contributed by atoms with Crippen molar-refractivity contribution in [2.24, 2.45) is 0 Å². The maximum atomic E-state index is 6.26. The van der Waals surface area contributed by atoms with Crippen LogP contribution in [0.4, 0.5) is 0 Å². The summed E-state index contributed by atoms with van der Waals surface area (Å²) in [6, 6.07) is 0. The lowest BCUT2D eigenvalue weighted by molar-refractivity contribution is 0.284. The molecule has 0 aliphatic heterocycles. The predicted molar refractivity (Wildman–Crippen MR) is 74.4 cm³/mol. The molecule has 0 N–H and O–H groups in total. The van der Waals surface area contributed by atoms with E-state index in [9.17, 15) is 0 Å². The van der Waals surface area contributed by atoms with E-state index in [4.69, 9.17) is 104 Å². The van der Waals surface area contributed by atoms with Crippen LogP contribution in [0.5, 0.6) is 0 Å². The van der Waals surface area contributed by atoms with Gasteiger partial charge in [-0.2, -0.15) is 0 Å². The highest BCUT2D eigenvalue weighted by Gasteiger charge is 2.89. The summed E-state index contributed by atoms with van der Waals surface area (Å²) in [7, 11) is 0. The monoisotopic (exact) mass is 400 g/mol. The van der Waals surface area contributed by atoms with Crippen molar-refractivity contribution in [1.29, 1.82) is 0 Å². The Bertz CT molecular complexity index is 399. The van der Waals surface area contributed by atoms with Gasteiger partial charge >= 0.3 is 0 Å².